The van der Waals surface area contributed by atoms with Crippen LogP contribution >= 0.6 is 0 Å². The molecular weight excluding hydrogens is 160 g/mol. The van der Waals surface area contributed by atoms with Crippen LogP contribution in [0.4, 0.5) is 0 Å². The zero-order valence-electron chi connectivity index (χ0n) is 8.24. The predicted octanol–water partition coefficient (Wildman–Crippen LogP) is 2.09. The third kappa shape index (κ3) is 5.36. The molecule has 1 aliphatic heterocycles. The van der Waals surface area contributed by atoms with Gasteiger partial charge in [-0.25, -0.2) is 0 Å². The van der Waals surface area contributed by atoms with Crippen molar-refractivity contribution in [1.29, 1.82) is 0 Å². The molecule has 0 amide bonds. The molecule has 1 unspecified atom stereocenters. The molecule has 72 valence electrons. The molecule has 13 heavy (non-hydrogen) atoms. The second kappa shape index (κ2) is 6.61. The number of rotatable bonds is 0. The van der Waals surface area contributed by atoms with Gasteiger partial charge in [0.05, 0.1) is 0 Å². The molecule has 1 atom stereocenters. The van der Waals surface area contributed by atoms with Crippen molar-refractivity contribution >= 4 is 0 Å². The molecule has 0 spiro atoms. The van der Waals surface area contributed by atoms with Crippen molar-refractivity contribution < 1.29 is 0 Å². The Hall–Kier alpha value is -0.890. The largest absolute Gasteiger partial charge is 0.316 e. The van der Waals surface area contributed by atoms with E-state index < -0.39 is 0 Å². The van der Waals surface area contributed by atoms with E-state index in [1.165, 1.54) is 25.9 Å². The third-order valence-electron chi connectivity index (χ3n) is 2.11. The number of piperidine rings is 1. The normalized spacial score (nSPS) is 21.5. The smallest absolute Gasteiger partial charge is 0.0267 e. The molecule has 1 fully saturated rings. The molecule has 1 N–H and O–H groups in total. The lowest BCUT2D eigenvalue weighted by Crippen LogP contribution is -2.27. The Kier molecular flexibility index (Phi) is 5.18. The second-order valence-corrected chi connectivity index (χ2v) is 3.48. The van der Waals surface area contributed by atoms with E-state index in [4.69, 9.17) is 0 Å². The first-order valence-corrected chi connectivity index (χ1v) is 4.95. The summed E-state index contributed by atoms with van der Waals surface area (Å²) in [7, 11) is 0. The van der Waals surface area contributed by atoms with E-state index in [0.717, 1.165) is 5.92 Å². The summed E-state index contributed by atoms with van der Waals surface area (Å²) in [6.45, 7) is 4.77. The lowest BCUT2D eigenvalue weighted by atomic mass is 10.0. The molecule has 1 aromatic rings. The molecule has 2 heterocycles. The van der Waals surface area contributed by atoms with Crippen LogP contribution in [0.15, 0.2) is 30.6 Å². The molecule has 1 saturated heterocycles. The first-order valence-electron chi connectivity index (χ1n) is 4.95. The van der Waals surface area contributed by atoms with Crippen LogP contribution in [0.2, 0.25) is 0 Å². The Bertz CT molecular complexity index is 166. The number of hydrogen-bond acceptors (Lipinski definition) is 2. The minimum atomic E-state index is 0.925. The second-order valence-electron chi connectivity index (χ2n) is 3.48. The molecule has 0 radical (unpaired) electrons. The summed E-state index contributed by atoms with van der Waals surface area (Å²) in [6, 6.07) is 5.72. The van der Waals surface area contributed by atoms with Crippen molar-refractivity contribution in [3.05, 3.63) is 30.6 Å². The van der Waals surface area contributed by atoms with Gasteiger partial charge in [-0.15, -0.1) is 0 Å². The summed E-state index contributed by atoms with van der Waals surface area (Å²) in [4.78, 5) is 3.78. The highest BCUT2D eigenvalue weighted by Gasteiger charge is 2.04. The summed E-state index contributed by atoms with van der Waals surface area (Å²) >= 11 is 0. The van der Waals surface area contributed by atoms with Gasteiger partial charge in [-0.1, -0.05) is 13.0 Å². The van der Waals surface area contributed by atoms with Gasteiger partial charge in [0.15, 0.2) is 0 Å². The Balaban J connectivity index is 0.000000132. The van der Waals surface area contributed by atoms with E-state index in [2.05, 4.69) is 17.2 Å². The average Bonchev–Trinajstić information content (AvgIpc) is 2.22. The Morgan fingerprint density at radius 2 is 2.00 bits per heavy atom. The molecule has 0 aromatic carbocycles. The maximum atomic E-state index is 3.78. The van der Waals surface area contributed by atoms with Crippen LogP contribution in [0.1, 0.15) is 19.8 Å². The van der Waals surface area contributed by atoms with Gasteiger partial charge in [-0.3, -0.25) is 4.98 Å². The van der Waals surface area contributed by atoms with Crippen molar-refractivity contribution in [2.45, 2.75) is 19.8 Å². The molecule has 0 bridgehead atoms. The molecule has 1 aliphatic rings. The van der Waals surface area contributed by atoms with Gasteiger partial charge in [0.2, 0.25) is 0 Å². The number of nitrogens with zero attached hydrogens (tertiary/aromatic N) is 1. The number of pyridine rings is 1. The maximum Gasteiger partial charge on any atom is 0.0267 e. The van der Waals surface area contributed by atoms with E-state index in [9.17, 15) is 0 Å². The van der Waals surface area contributed by atoms with Crippen LogP contribution in [0, 0.1) is 5.92 Å². The Morgan fingerprint density at radius 3 is 2.23 bits per heavy atom. The zero-order valence-corrected chi connectivity index (χ0v) is 8.24. The van der Waals surface area contributed by atoms with Crippen LogP contribution in [-0.4, -0.2) is 18.1 Å². The zero-order chi connectivity index (χ0) is 9.36. The fourth-order valence-corrected chi connectivity index (χ4v) is 1.34. The number of aromatic nitrogens is 1. The summed E-state index contributed by atoms with van der Waals surface area (Å²) < 4.78 is 0. The van der Waals surface area contributed by atoms with Crippen molar-refractivity contribution in [1.82, 2.24) is 10.3 Å². The number of hydrogen-bond donors (Lipinski definition) is 1. The monoisotopic (exact) mass is 178 g/mol. The fraction of sp³-hybridized carbons (Fsp3) is 0.545. The molecule has 2 rings (SSSR count). The third-order valence-corrected chi connectivity index (χ3v) is 2.11. The number of nitrogens with one attached hydrogen (secondary N) is 1. The highest BCUT2D eigenvalue weighted by atomic mass is 14.9. The minimum absolute atomic E-state index is 0.925. The van der Waals surface area contributed by atoms with Gasteiger partial charge in [0.25, 0.3) is 0 Å². The summed E-state index contributed by atoms with van der Waals surface area (Å²) in [5, 5.41) is 3.33. The molecule has 2 heteroatoms. The average molecular weight is 178 g/mol. The highest BCUT2D eigenvalue weighted by molar-refractivity contribution is 4.88. The van der Waals surface area contributed by atoms with Crippen molar-refractivity contribution in [3.8, 4) is 0 Å². The SMILES string of the molecule is CC1CCCNC1.c1ccncc1. The van der Waals surface area contributed by atoms with Crippen LogP contribution in [0.5, 0.6) is 0 Å². The van der Waals surface area contributed by atoms with Crippen molar-refractivity contribution in [2.75, 3.05) is 13.1 Å². The van der Waals surface area contributed by atoms with Gasteiger partial charge < -0.3 is 5.32 Å². The van der Waals surface area contributed by atoms with E-state index in [-0.39, 0.29) is 0 Å². The molecular formula is C11H18N2. The van der Waals surface area contributed by atoms with Crippen molar-refractivity contribution in [2.24, 2.45) is 5.92 Å². The maximum absolute atomic E-state index is 3.78. The highest BCUT2D eigenvalue weighted by Crippen LogP contribution is 2.06. The quantitative estimate of drug-likeness (QED) is 0.658. The Morgan fingerprint density at radius 1 is 1.23 bits per heavy atom. The van der Waals surface area contributed by atoms with E-state index >= 15 is 0 Å². The lowest BCUT2D eigenvalue weighted by molar-refractivity contribution is 0.405. The van der Waals surface area contributed by atoms with Crippen LogP contribution in [-0.2, 0) is 0 Å². The molecule has 2 nitrogen and oxygen atoms in total. The van der Waals surface area contributed by atoms with E-state index in [0.29, 0.717) is 0 Å². The van der Waals surface area contributed by atoms with Crippen molar-refractivity contribution in [3.63, 3.8) is 0 Å². The van der Waals surface area contributed by atoms with E-state index in [1.807, 2.05) is 18.2 Å². The van der Waals surface area contributed by atoms with Gasteiger partial charge in [0.1, 0.15) is 0 Å². The first kappa shape index (κ1) is 10.2. The molecule has 0 saturated carbocycles. The van der Waals surface area contributed by atoms with Crippen LogP contribution in [0.3, 0.4) is 0 Å². The van der Waals surface area contributed by atoms with Gasteiger partial charge in [-0.05, 0) is 44.0 Å². The lowest BCUT2D eigenvalue weighted by Gasteiger charge is -2.17. The topological polar surface area (TPSA) is 24.9 Å². The minimum Gasteiger partial charge on any atom is -0.316 e. The van der Waals surface area contributed by atoms with E-state index in [1.54, 1.807) is 12.4 Å². The van der Waals surface area contributed by atoms with Gasteiger partial charge in [-0.2, -0.15) is 0 Å². The summed E-state index contributed by atoms with van der Waals surface area (Å²) in [5.74, 6) is 0.925. The predicted molar refractivity (Wildman–Crippen MR) is 55.5 cm³/mol. The van der Waals surface area contributed by atoms with Crippen LogP contribution in [0.25, 0.3) is 0 Å². The molecule has 0 aliphatic carbocycles. The fourth-order valence-electron chi connectivity index (χ4n) is 1.34. The summed E-state index contributed by atoms with van der Waals surface area (Å²) in [6.07, 6.45) is 6.30. The van der Waals surface area contributed by atoms with Gasteiger partial charge >= 0.3 is 0 Å². The first-order chi connectivity index (χ1) is 6.39. The van der Waals surface area contributed by atoms with Crippen LogP contribution < -0.4 is 5.32 Å². The Labute approximate surface area is 80.4 Å². The standard InChI is InChI=1S/C6H13N.C5H5N/c1-6-3-2-4-7-5-6;1-2-4-6-5-3-1/h6-7H,2-5H2,1H3;1-5H. The summed E-state index contributed by atoms with van der Waals surface area (Å²) in [5.41, 5.74) is 0. The molecule has 1 aromatic heterocycles. The van der Waals surface area contributed by atoms with Gasteiger partial charge in [0, 0.05) is 12.4 Å².